The molecule has 0 aromatic carbocycles. The second-order valence-electron chi connectivity index (χ2n) is 13.0. The summed E-state index contributed by atoms with van der Waals surface area (Å²) in [7, 11) is 0. The van der Waals surface area contributed by atoms with Gasteiger partial charge in [-0.15, -0.1) is 0 Å². The van der Waals surface area contributed by atoms with Gasteiger partial charge in [0, 0.05) is 10.5 Å². The number of thioether (sulfide) groups is 1. The van der Waals surface area contributed by atoms with Crippen molar-refractivity contribution in [3.8, 4) is 0 Å². The number of rotatable bonds is 34. The molecule has 268 valence electrons. The van der Waals surface area contributed by atoms with Gasteiger partial charge in [-0.25, -0.2) is 0 Å². The van der Waals surface area contributed by atoms with E-state index in [9.17, 15) is 0 Å². The zero-order chi connectivity index (χ0) is 34.1. The maximum Gasteiger partial charge on any atom is 0.00498 e. The third-order valence-electron chi connectivity index (χ3n) is 8.31. The second kappa shape index (κ2) is 40.4. The molecule has 0 spiro atoms. The van der Waals surface area contributed by atoms with E-state index >= 15 is 0 Å². The van der Waals surface area contributed by atoms with Crippen molar-refractivity contribution in [3.05, 3.63) is 97.2 Å². The highest BCUT2D eigenvalue weighted by Gasteiger charge is 2.15. The van der Waals surface area contributed by atoms with Gasteiger partial charge in [0.2, 0.25) is 0 Å². The molecule has 47 heavy (non-hydrogen) atoms. The molecule has 1 heteroatoms. The molecular weight excluding hydrogens is 585 g/mol. The molecule has 0 aliphatic rings. The minimum absolute atomic E-state index is 0.833. The first-order chi connectivity index (χ1) is 23.3. The minimum Gasteiger partial charge on any atom is -0.155 e. The molecule has 2 unspecified atom stereocenters. The Kier molecular flexibility index (Phi) is 39.0. The van der Waals surface area contributed by atoms with Crippen LogP contribution in [-0.2, 0) is 0 Å². The standard InChI is InChI=1S/C46H78S/c1-5-9-11-13-15-17-19-21-23-25-27-29-31-33-35-37-39-43-45(41-7-3)47-46(42-8-4)44-40-38-36-34-32-30-28-26-24-22-20-18-16-14-12-10-6-2/h15-18,21-24,27-30,33-36,45-46H,5-14,19-20,25-26,31-32,37-44H2,1-4H3/b17-15+,18-16+,23-21+,24-22+,29-27+,30-28+,35-33+,36-34+. The third kappa shape index (κ3) is 36.9. The van der Waals surface area contributed by atoms with Crippen molar-refractivity contribution in [2.24, 2.45) is 0 Å². The van der Waals surface area contributed by atoms with Crippen LogP contribution in [0.1, 0.15) is 182 Å². The summed E-state index contributed by atoms with van der Waals surface area (Å²) in [5.74, 6) is 0. The molecule has 0 aromatic heterocycles. The zero-order valence-corrected chi connectivity index (χ0v) is 32.6. The van der Waals surface area contributed by atoms with Crippen molar-refractivity contribution in [2.75, 3.05) is 0 Å². The lowest BCUT2D eigenvalue weighted by Crippen LogP contribution is -2.11. The van der Waals surface area contributed by atoms with Crippen LogP contribution in [-0.4, -0.2) is 10.5 Å². The maximum absolute atomic E-state index is 2.41. The fraction of sp³-hybridized carbons (Fsp3) is 0.652. The smallest absolute Gasteiger partial charge is 0.00498 e. The van der Waals surface area contributed by atoms with Gasteiger partial charge in [-0.3, -0.25) is 0 Å². The first-order valence-corrected chi connectivity index (χ1v) is 21.1. The van der Waals surface area contributed by atoms with E-state index < -0.39 is 0 Å². The molecule has 0 aromatic rings. The summed E-state index contributed by atoms with van der Waals surface area (Å²) in [6.07, 6.45) is 67.3. The van der Waals surface area contributed by atoms with Crippen molar-refractivity contribution in [1.29, 1.82) is 0 Å². The van der Waals surface area contributed by atoms with Crippen molar-refractivity contribution in [1.82, 2.24) is 0 Å². The monoisotopic (exact) mass is 663 g/mol. The van der Waals surface area contributed by atoms with Gasteiger partial charge < -0.3 is 0 Å². The number of hydrogen-bond donors (Lipinski definition) is 0. The molecule has 0 radical (unpaired) electrons. The second-order valence-corrected chi connectivity index (χ2v) is 14.6. The maximum atomic E-state index is 2.41. The molecular formula is C46H78S. The minimum atomic E-state index is 0.833. The largest absolute Gasteiger partial charge is 0.155 e. The van der Waals surface area contributed by atoms with Crippen molar-refractivity contribution >= 4 is 11.8 Å². The van der Waals surface area contributed by atoms with E-state index in [-0.39, 0.29) is 0 Å². The normalized spacial score (nSPS) is 14.4. The Morgan fingerprint density at radius 1 is 0.298 bits per heavy atom. The highest BCUT2D eigenvalue weighted by atomic mass is 32.2. The SMILES string of the molecule is CCCCC/C=C/C/C=C/C/C=C/C/C=C/CCCC(CCC)SC(CCC)CCC/C=C/C/C=C/C/C=C/C/C=C/CCCCC. The van der Waals surface area contributed by atoms with E-state index in [0.29, 0.717) is 0 Å². The van der Waals surface area contributed by atoms with Crippen LogP contribution in [0.15, 0.2) is 97.2 Å². The third-order valence-corrected chi connectivity index (χ3v) is 10.0. The van der Waals surface area contributed by atoms with Crippen molar-refractivity contribution in [3.63, 3.8) is 0 Å². The predicted octanol–water partition coefficient (Wildman–Crippen LogP) is 16.3. The molecule has 2 atom stereocenters. The average Bonchev–Trinajstić information content (AvgIpc) is 3.07. The van der Waals surface area contributed by atoms with Gasteiger partial charge in [-0.05, 0) is 116 Å². The molecule has 0 aliphatic carbocycles. The highest BCUT2D eigenvalue weighted by molar-refractivity contribution is 8.00. The highest BCUT2D eigenvalue weighted by Crippen LogP contribution is 2.31. The van der Waals surface area contributed by atoms with Gasteiger partial charge in [0.25, 0.3) is 0 Å². The Morgan fingerprint density at radius 3 is 0.851 bits per heavy atom. The van der Waals surface area contributed by atoms with Crippen LogP contribution in [0.25, 0.3) is 0 Å². The lowest BCUT2D eigenvalue weighted by atomic mass is 10.1. The van der Waals surface area contributed by atoms with Gasteiger partial charge in [0.05, 0.1) is 0 Å². The molecule has 0 bridgehead atoms. The van der Waals surface area contributed by atoms with E-state index in [1.54, 1.807) is 0 Å². The number of hydrogen-bond acceptors (Lipinski definition) is 1. The summed E-state index contributed by atoms with van der Waals surface area (Å²) in [5, 5.41) is 1.67. The summed E-state index contributed by atoms with van der Waals surface area (Å²) >= 11 is 2.32. The summed E-state index contributed by atoms with van der Waals surface area (Å²) in [4.78, 5) is 0. The van der Waals surface area contributed by atoms with E-state index in [0.717, 1.165) is 49.0 Å². The molecule has 0 fully saturated rings. The average molecular weight is 663 g/mol. The molecule has 0 nitrogen and oxygen atoms in total. The first kappa shape index (κ1) is 45.3. The molecule has 0 amide bonds. The summed E-state index contributed by atoms with van der Waals surface area (Å²) < 4.78 is 0. The quantitative estimate of drug-likeness (QED) is 0.0488. The van der Waals surface area contributed by atoms with Crippen molar-refractivity contribution < 1.29 is 0 Å². The van der Waals surface area contributed by atoms with E-state index in [4.69, 9.17) is 0 Å². The summed E-state index contributed by atoms with van der Waals surface area (Å²) in [6.45, 7) is 9.25. The van der Waals surface area contributed by atoms with Crippen molar-refractivity contribution in [2.45, 2.75) is 192 Å². The Hall–Kier alpha value is -1.73. The van der Waals surface area contributed by atoms with Crippen LogP contribution in [0.3, 0.4) is 0 Å². The first-order valence-electron chi connectivity index (χ1n) is 20.1. The topological polar surface area (TPSA) is 0 Å². The van der Waals surface area contributed by atoms with E-state index in [1.807, 2.05) is 0 Å². The molecule has 0 N–H and O–H groups in total. The van der Waals surface area contributed by atoms with Crippen LogP contribution < -0.4 is 0 Å². The Balaban J connectivity index is 4.07. The van der Waals surface area contributed by atoms with Gasteiger partial charge in [-0.2, -0.15) is 11.8 Å². The number of allylic oxidation sites excluding steroid dienone is 16. The van der Waals surface area contributed by atoms with Crippen LogP contribution >= 0.6 is 11.8 Å². The fourth-order valence-electron chi connectivity index (χ4n) is 5.53. The Bertz CT molecular complexity index is 778. The molecule has 0 heterocycles. The van der Waals surface area contributed by atoms with E-state index in [1.165, 1.54) is 116 Å². The van der Waals surface area contributed by atoms with Crippen LogP contribution in [0, 0.1) is 0 Å². The Labute approximate surface area is 300 Å². The van der Waals surface area contributed by atoms with E-state index in [2.05, 4.69) is 137 Å². The molecule has 0 saturated heterocycles. The predicted molar refractivity (Wildman–Crippen MR) is 222 cm³/mol. The van der Waals surface area contributed by atoms with Gasteiger partial charge in [-0.1, -0.05) is 163 Å². The lowest BCUT2D eigenvalue weighted by molar-refractivity contribution is 0.623. The Morgan fingerprint density at radius 2 is 0.574 bits per heavy atom. The van der Waals surface area contributed by atoms with Crippen LogP contribution in [0.4, 0.5) is 0 Å². The lowest BCUT2D eigenvalue weighted by Gasteiger charge is -2.23. The number of unbranched alkanes of at least 4 members (excludes halogenated alkanes) is 8. The summed E-state index contributed by atoms with van der Waals surface area (Å²) in [5.41, 5.74) is 0. The van der Waals surface area contributed by atoms with Crippen LogP contribution in [0.5, 0.6) is 0 Å². The van der Waals surface area contributed by atoms with Crippen LogP contribution in [0.2, 0.25) is 0 Å². The van der Waals surface area contributed by atoms with Gasteiger partial charge in [0.1, 0.15) is 0 Å². The molecule has 0 saturated carbocycles. The van der Waals surface area contributed by atoms with Gasteiger partial charge >= 0.3 is 0 Å². The summed E-state index contributed by atoms with van der Waals surface area (Å²) in [6, 6.07) is 0. The molecule has 0 rings (SSSR count). The zero-order valence-electron chi connectivity index (χ0n) is 31.8. The molecule has 0 aliphatic heterocycles. The van der Waals surface area contributed by atoms with Gasteiger partial charge in [0.15, 0.2) is 0 Å². The fourth-order valence-corrected chi connectivity index (χ4v) is 7.42.